The molecule has 1 saturated heterocycles. The summed E-state index contributed by atoms with van der Waals surface area (Å²) in [6.07, 6.45) is 6.11. The fourth-order valence-electron chi connectivity index (χ4n) is 5.72. The van der Waals surface area contributed by atoms with Gasteiger partial charge in [-0.1, -0.05) is 55.3 Å². The molecule has 1 atom stereocenters. The van der Waals surface area contributed by atoms with Gasteiger partial charge in [-0.25, -0.2) is 0 Å². The highest BCUT2D eigenvalue weighted by Crippen LogP contribution is 2.32. The lowest BCUT2D eigenvalue weighted by molar-refractivity contribution is -0.128. The number of ether oxygens (including phenoxy) is 1. The van der Waals surface area contributed by atoms with Crippen LogP contribution in [0.15, 0.2) is 54.6 Å². The molecular formula is C31H39N3O3S. The second-order valence-electron chi connectivity index (χ2n) is 11.0. The summed E-state index contributed by atoms with van der Waals surface area (Å²) in [6.45, 7) is 5.32. The van der Waals surface area contributed by atoms with Crippen LogP contribution in [0.3, 0.4) is 0 Å². The maximum Gasteiger partial charge on any atom is 0.262 e. The molecule has 2 aromatic carbocycles. The molecule has 1 aliphatic heterocycles. The van der Waals surface area contributed by atoms with Crippen molar-refractivity contribution in [3.05, 3.63) is 70.6 Å². The lowest BCUT2D eigenvalue weighted by atomic mass is 9.94. The Morgan fingerprint density at radius 2 is 1.84 bits per heavy atom. The number of aryl methyl sites for hydroxylation is 1. The van der Waals surface area contributed by atoms with Crippen molar-refractivity contribution in [1.82, 2.24) is 16.0 Å². The second kappa shape index (κ2) is 12.4. The van der Waals surface area contributed by atoms with Gasteiger partial charge in [-0.15, -0.1) is 11.3 Å². The first-order valence-electron chi connectivity index (χ1n) is 14.0. The smallest absolute Gasteiger partial charge is 0.262 e. The second-order valence-corrected chi connectivity index (χ2v) is 12.1. The monoisotopic (exact) mass is 533 g/mol. The van der Waals surface area contributed by atoms with Crippen LogP contribution in [0.25, 0.3) is 10.1 Å². The van der Waals surface area contributed by atoms with E-state index in [2.05, 4.69) is 47.1 Å². The van der Waals surface area contributed by atoms with E-state index in [0.717, 1.165) is 61.0 Å². The Morgan fingerprint density at radius 1 is 1.08 bits per heavy atom. The fourth-order valence-corrected chi connectivity index (χ4v) is 6.77. The van der Waals surface area contributed by atoms with Crippen molar-refractivity contribution in [2.75, 3.05) is 26.3 Å². The van der Waals surface area contributed by atoms with Gasteiger partial charge in [0.05, 0.1) is 17.5 Å². The molecule has 2 heterocycles. The normalized spacial score (nSPS) is 18.3. The molecule has 3 N–H and O–H groups in total. The van der Waals surface area contributed by atoms with Gasteiger partial charge in [-0.3, -0.25) is 9.59 Å². The maximum atomic E-state index is 13.8. The first-order valence-corrected chi connectivity index (χ1v) is 14.8. The molecule has 0 radical (unpaired) electrons. The van der Waals surface area contributed by atoms with E-state index >= 15 is 0 Å². The van der Waals surface area contributed by atoms with Gasteiger partial charge in [-0.05, 0) is 86.7 Å². The topological polar surface area (TPSA) is 79.5 Å². The van der Waals surface area contributed by atoms with Crippen molar-refractivity contribution >= 4 is 33.2 Å². The minimum Gasteiger partial charge on any atom is -0.379 e. The average Bonchev–Trinajstić information content (AvgIpc) is 3.57. The lowest BCUT2D eigenvalue weighted by Crippen LogP contribution is -2.59. The summed E-state index contributed by atoms with van der Waals surface area (Å²) >= 11 is 1.49. The van der Waals surface area contributed by atoms with Gasteiger partial charge in [-0.2, -0.15) is 0 Å². The molecule has 3 aromatic rings. The van der Waals surface area contributed by atoms with E-state index in [0.29, 0.717) is 36.7 Å². The molecule has 1 saturated carbocycles. The van der Waals surface area contributed by atoms with Crippen molar-refractivity contribution in [1.29, 1.82) is 0 Å². The van der Waals surface area contributed by atoms with Crippen molar-refractivity contribution in [3.63, 3.8) is 0 Å². The van der Waals surface area contributed by atoms with Gasteiger partial charge in [0.2, 0.25) is 5.91 Å². The Morgan fingerprint density at radius 3 is 2.61 bits per heavy atom. The van der Waals surface area contributed by atoms with Gasteiger partial charge < -0.3 is 20.7 Å². The third-order valence-electron chi connectivity index (χ3n) is 7.94. The van der Waals surface area contributed by atoms with Gasteiger partial charge in [0.15, 0.2) is 0 Å². The number of thiophene rings is 1. The molecule has 202 valence electrons. The Labute approximate surface area is 229 Å². The minimum atomic E-state index is -0.882. The van der Waals surface area contributed by atoms with Crippen LogP contribution in [-0.2, 0) is 16.0 Å². The number of nitrogens with one attached hydrogen (secondary N) is 3. The molecule has 0 unspecified atom stereocenters. The van der Waals surface area contributed by atoms with E-state index in [1.165, 1.54) is 16.9 Å². The maximum absolute atomic E-state index is 13.8. The van der Waals surface area contributed by atoms with E-state index < -0.39 is 5.54 Å². The van der Waals surface area contributed by atoms with Crippen LogP contribution in [0.2, 0.25) is 0 Å². The summed E-state index contributed by atoms with van der Waals surface area (Å²) in [7, 11) is 0. The molecule has 38 heavy (non-hydrogen) atoms. The summed E-state index contributed by atoms with van der Waals surface area (Å²) < 4.78 is 7.26. The first-order chi connectivity index (χ1) is 18.5. The Kier molecular flexibility index (Phi) is 8.77. The molecule has 1 aliphatic carbocycles. The number of hydrogen-bond donors (Lipinski definition) is 3. The lowest BCUT2D eigenvalue weighted by Gasteiger charge is -2.31. The molecule has 0 spiro atoms. The molecule has 1 aromatic heterocycles. The highest BCUT2D eigenvalue weighted by Gasteiger charge is 2.43. The molecular weight excluding hydrogens is 494 g/mol. The summed E-state index contributed by atoms with van der Waals surface area (Å²) in [4.78, 5) is 27.9. The quantitative estimate of drug-likeness (QED) is 0.343. The van der Waals surface area contributed by atoms with E-state index in [1.54, 1.807) is 0 Å². The van der Waals surface area contributed by atoms with Crippen LogP contribution in [0.4, 0.5) is 0 Å². The number of benzene rings is 2. The fraction of sp³-hybridized carbons (Fsp3) is 0.484. The standard InChI is InChI=1S/C31H39N3O3S/c1-22-9-10-25-19-28(38-27(25)17-22)29(35)34-31(13-5-6-14-31)30(36)33-26(18-23-7-3-2-4-8-23)21-37-20-24-11-15-32-16-12-24/h2-4,7-10,17,19,24,26,32H,5-6,11-16,18,20-21H2,1H3,(H,33,36)(H,34,35)/t26-/m1/s1. The Hall–Kier alpha value is -2.74. The van der Waals surface area contributed by atoms with E-state index in [9.17, 15) is 9.59 Å². The number of piperidine rings is 1. The predicted octanol–water partition coefficient (Wildman–Crippen LogP) is 5.00. The van der Waals surface area contributed by atoms with Crippen molar-refractivity contribution in [2.24, 2.45) is 5.92 Å². The number of hydrogen-bond acceptors (Lipinski definition) is 5. The third kappa shape index (κ3) is 6.63. The van der Waals surface area contributed by atoms with Gasteiger partial charge in [0.25, 0.3) is 5.91 Å². The predicted molar refractivity (Wildman–Crippen MR) is 154 cm³/mol. The van der Waals surface area contributed by atoms with Crippen molar-refractivity contribution in [2.45, 2.75) is 63.5 Å². The van der Waals surface area contributed by atoms with Gasteiger partial charge in [0.1, 0.15) is 5.54 Å². The molecule has 5 rings (SSSR count). The number of fused-ring (bicyclic) bond motifs is 1. The zero-order valence-electron chi connectivity index (χ0n) is 22.3. The molecule has 0 bridgehead atoms. The van der Waals surface area contributed by atoms with Crippen LogP contribution < -0.4 is 16.0 Å². The molecule has 6 nitrogen and oxygen atoms in total. The van der Waals surface area contributed by atoms with Crippen LogP contribution in [0.1, 0.15) is 59.3 Å². The summed E-state index contributed by atoms with van der Waals surface area (Å²) in [6, 6.07) is 18.2. The van der Waals surface area contributed by atoms with Crippen LogP contribution in [-0.4, -0.2) is 49.7 Å². The largest absolute Gasteiger partial charge is 0.379 e. The van der Waals surface area contributed by atoms with E-state index in [4.69, 9.17) is 4.74 Å². The van der Waals surface area contributed by atoms with E-state index in [1.807, 2.05) is 30.3 Å². The van der Waals surface area contributed by atoms with Crippen LogP contribution >= 0.6 is 11.3 Å². The van der Waals surface area contributed by atoms with Crippen molar-refractivity contribution in [3.8, 4) is 0 Å². The SMILES string of the molecule is Cc1ccc2cc(C(=O)NC3(C(=O)N[C@@H](COCC4CCNCC4)Cc4ccccc4)CCCC3)sc2c1. The zero-order chi connectivity index (χ0) is 26.4. The average molecular weight is 534 g/mol. The number of carbonyl (C=O) groups is 2. The molecule has 2 fully saturated rings. The summed E-state index contributed by atoms with van der Waals surface area (Å²) in [5.74, 6) is 0.309. The third-order valence-corrected chi connectivity index (χ3v) is 9.03. The Bertz CT molecular complexity index is 1230. The highest BCUT2D eigenvalue weighted by atomic mass is 32.1. The van der Waals surface area contributed by atoms with Gasteiger partial charge >= 0.3 is 0 Å². The number of carbonyl (C=O) groups excluding carboxylic acids is 2. The molecule has 7 heteroatoms. The highest BCUT2D eigenvalue weighted by molar-refractivity contribution is 7.20. The summed E-state index contributed by atoms with van der Waals surface area (Å²) in [5, 5.41) is 10.9. The molecule has 2 amide bonds. The zero-order valence-corrected chi connectivity index (χ0v) is 23.1. The summed E-state index contributed by atoms with van der Waals surface area (Å²) in [5.41, 5.74) is 1.45. The van der Waals surface area contributed by atoms with Crippen LogP contribution in [0.5, 0.6) is 0 Å². The number of rotatable bonds is 10. The number of amides is 2. The minimum absolute atomic E-state index is 0.0910. The van der Waals surface area contributed by atoms with Crippen molar-refractivity contribution < 1.29 is 14.3 Å². The molecule has 2 aliphatic rings. The van der Waals surface area contributed by atoms with E-state index in [-0.39, 0.29) is 17.9 Å². The van der Waals surface area contributed by atoms with Gasteiger partial charge in [0, 0.05) is 11.3 Å². The first kappa shape index (κ1) is 26.9. The van der Waals surface area contributed by atoms with Crippen LogP contribution in [0, 0.1) is 12.8 Å². The Balaban J connectivity index is 1.27.